The third-order valence-corrected chi connectivity index (χ3v) is 9.08. The van der Waals surface area contributed by atoms with Crippen molar-refractivity contribution in [1.82, 2.24) is 24.8 Å². The van der Waals surface area contributed by atoms with Gasteiger partial charge in [0.2, 0.25) is 5.88 Å². The number of hydrogen-bond acceptors (Lipinski definition) is 9. The van der Waals surface area contributed by atoms with Crippen LogP contribution in [0.3, 0.4) is 0 Å². The minimum atomic E-state index is -0.547. The number of piperidine rings is 1. The number of hydrogen-bond donors (Lipinski definition) is 1. The molecule has 1 saturated carbocycles. The number of aromatic nitrogens is 4. The first kappa shape index (κ1) is 25.1. The Labute approximate surface area is 236 Å². The Morgan fingerprint density at radius 1 is 1.12 bits per heavy atom. The molecule has 3 aromatic heterocycles. The predicted molar refractivity (Wildman–Crippen MR) is 151 cm³/mol. The highest BCUT2D eigenvalue weighted by molar-refractivity contribution is 7.17. The Kier molecular flexibility index (Phi) is 5.87. The number of nitrogens with two attached hydrogens (primary N) is 1. The summed E-state index contributed by atoms with van der Waals surface area (Å²) >= 11 is 1.35. The number of benzene rings is 1. The van der Waals surface area contributed by atoms with Crippen LogP contribution in [0.4, 0.5) is 0 Å². The summed E-state index contributed by atoms with van der Waals surface area (Å²) in [6.07, 6.45) is 4.29. The van der Waals surface area contributed by atoms with Crippen LogP contribution in [0.25, 0.3) is 22.1 Å². The van der Waals surface area contributed by atoms with Gasteiger partial charge in [-0.1, -0.05) is 0 Å². The number of aryl methyl sites for hydroxylation is 1. The molecule has 0 spiro atoms. The van der Waals surface area contributed by atoms with Crippen molar-refractivity contribution in [3.63, 3.8) is 0 Å². The van der Waals surface area contributed by atoms with E-state index >= 15 is 0 Å². The van der Waals surface area contributed by atoms with Gasteiger partial charge >= 0.3 is 0 Å². The van der Waals surface area contributed by atoms with Gasteiger partial charge in [0, 0.05) is 60.9 Å². The van der Waals surface area contributed by atoms with Gasteiger partial charge in [-0.15, -0.1) is 11.3 Å². The molecule has 0 radical (unpaired) electrons. The Morgan fingerprint density at radius 2 is 1.90 bits per heavy atom. The first-order valence-corrected chi connectivity index (χ1v) is 14.3. The Bertz CT molecular complexity index is 1600. The molecule has 7 rings (SSSR count). The molecule has 1 unspecified atom stereocenters. The number of carbonyl (C=O) groups excluding carboxylic acids is 1. The van der Waals surface area contributed by atoms with E-state index in [9.17, 15) is 4.79 Å². The Morgan fingerprint density at radius 3 is 2.65 bits per heavy atom. The normalized spacial score (nSPS) is 21.1. The van der Waals surface area contributed by atoms with Crippen molar-refractivity contribution < 1.29 is 14.3 Å². The summed E-state index contributed by atoms with van der Waals surface area (Å²) in [7, 11) is 0. The first-order valence-electron chi connectivity index (χ1n) is 13.5. The zero-order valence-corrected chi connectivity index (χ0v) is 23.4. The molecule has 204 valence electrons. The smallest absolute Gasteiger partial charge is 0.265 e. The highest BCUT2D eigenvalue weighted by Crippen LogP contribution is 2.48. The summed E-state index contributed by atoms with van der Waals surface area (Å²) in [6, 6.07) is 12.0. The van der Waals surface area contributed by atoms with E-state index in [4.69, 9.17) is 20.2 Å². The molecule has 40 heavy (non-hydrogen) atoms. The maximum atomic E-state index is 13.4. The number of likely N-dealkylation sites (tertiary alicyclic amines) is 1. The fourth-order valence-electron chi connectivity index (χ4n) is 5.63. The summed E-state index contributed by atoms with van der Waals surface area (Å²) in [5, 5.41) is 0.660. The monoisotopic (exact) mass is 554 g/mol. The molecule has 5 heterocycles. The number of ether oxygens (including phenoxy) is 2. The van der Waals surface area contributed by atoms with Gasteiger partial charge in [-0.25, -0.2) is 19.9 Å². The van der Waals surface area contributed by atoms with Gasteiger partial charge in [0.15, 0.2) is 10.8 Å². The fraction of sp³-hybridized carbons (Fsp3) is 0.367. The highest BCUT2D eigenvalue weighted by atomic mass is 32.1. The molecular formula is C30H30N6O3S. The molecule has 0 bridgehead atoms. The van der Waals surface area contributed by atoms with Crippen LogP contribution in [0.2, 0.25) is 0 Å². The maximum Gasteiger partial charge on any atom is 0.265 e. The van der Waals surface area contributed by atoms with Gasteiger partial charge in [0.05, 0.1) is 18.0 Å². The summed E-state index contributed by atoms with van der Waals surface area (Å²) in [6.45, 7) is 7.86. The fourth-order valence-corrected chi connectivity index (χ4v) is 6.61. The second-order valence-corrected chi connectivity index (χ2v) is 12.3. The first-order chi connectivity index (χ1) is 19.2. The minimum Gasteiger partial charge on any atom is -0.493 e. The third-order valence-electron chi connectivity index (χ3n) is 7.94. The quantitative estimate of drug-likeness (QED) is 0.376. The lowest BCUT2D eigenvalue weighted by molar-refractivity contribution is 0.0755. The number of thiazole rings is 1. The van der Waals surface area contributed by atoms with Crippen molar-refractivity contribution in [1.29, 1.82) is 0 Å². The van der Waals surface area contributed by atoms with Gasteiger partial charge in [0.1, 0.15) is 16.7 Å². The van der Waals surface area contributed by atoms with E-state index in [0.717, 1.165) is 29.0 Å². The molecular weight excluding hydrogens is 524 g/mol. The Balaban J connectivity index is 1.06. The SMILES string of the molecule is Cc1nc(-c2ncccn2)sc1C(=O)N1C[C@@H]2C(Oc3cc(C(C)(C)N)cc(-c4ccc5c(c4)CCO5)n3)[C@@H]2C1. The maximum absolute atomic E-state index is 13.4. The molecule has 4 aromatic rings. The van der Waals surface area contributed by atoms with Gasteiger partial charge in [-0.05, 0) is 62.2 Å². The molecule has 3 atom stereocenters. The van der Waals surface area contributed by atoms with Crippen molar-refractivity contribution in [3.05, 3.63) is 70.5 Å². The lowest BCUT2D eigenvalue weighted by Crippen LogP contribution is -2.33. The molecule has 1 aromatic carbocycles. The average Bonchev–Trinajstić information content (AvgIpc) is 3.40. The number of pyridine rings is 1. The molecule has 3 aliphatic rings. The third kappa shape index (κ3) is 4.50. The van der Waals surface area contributed by atoms with Crippen molar-refractivity contribution in [2.75, 3.05) is 19.7 Å². The van der Waals surface area contributed by atoms with Gasteiger partial charge in [-0.3, -0.25) is 4.79 Å². The van der Waals surface area contributed by atoms with E-state index in [1.165, 1.54) is 16.9 Å². The zero-order chi connectivity index (χ0) is 27.6. The second-order valence-electron chi connectivity index (χ2n) is 11.3. The summed E-state index contributed by atoms with van der Waals surface area (Å²) in [4.78, 5) is 33.9. The van der Waals surface area contributed by atoms with E-state index in [1.54, 1.807) is 18.5 Å². The van der Waals surface area contributed by atoms with Crippen LogP contribution in [0, 0.1) is 18.8 Å². The van der Waals surface area contributed by atoms with E-state index in [1.807, 2.05) is 49.9 Å². The average molecular weight is 555 g/mol. The van der Waals surface area contributed by atoms with Crippen LogP contribution in [0.1, 0.15) is 40.3 Å². The predicted octanol–water partition coefficient (Wildman–Crippen LogP) is 4.25. The summed E-state index contributed by atoms with van der Waals surface area (Å²) in [5.41, 5.74) is 10.7. The standard InChI is InChI=1S/C30H30N6O3S/c1-16-26(40-28(34-16)27-32-8-4-9-33-27)29(37)36-14-20-21(15-36)25(20)39-24-13-19(30(2,3)31)12-22(35-24)17-5-6-23-18(11-17)7-10-38-23/h4-6,8-9,11-13,20-21,25H,7,10,14-15,31H2,1-3H3/t20-,21+,25?. The van der Waals surface area contributed by atoms with Gasteiger partial charge in [0.25, 0.3) is 5.91 Å². The van der Waals surface area contributed by atoms with Crippen molar-refractivity contribution in [3.8, 4) is 33.7 Å². The van der Waals surface area contributed by atoms with Crippen LogP contribution < -0.4 is 15.2 Å². The van der Waals surface area contributed by atoms with Crippen LogP contribution in [-0.4, -0.2) is 56.5 Å². The number of fused-ring (bicyclic) bond motifs is 2. The van der Waals surface area contributed by atoms with Gasteiger partial charge < -0.3 is 20.1 Å². The molecule has 1 aliphatic carbocycles. The molecule has 9 nitrogen and oxygen atoms in total. The molecule has 2 N–H and O–H groups in total. The highest BCUT2D eigenvalue weighted by Gasteiger charge is 2.59. The lowest BCUT2D eigenvalue weighted by atomic mass is 9.94. The molecule has 2 fully saturated rings. The van der Waals surface area contributed by atoms with Crippen LogP contribution in [-0.2, 0) is 12.0 Å². The van der Waals surface area contributed by atoms with Crippen molar-refractivity contribution in [2.24, 2.45) is 17.6 Å². The van der Waals surface area contributed by atoms with Crippen LogP contribution >= 0.6 is 11.3 Å². The zero-order valence-electron chi connectivity index (χ0n) is 22.6. The largest absolute Gasteiger partial charge is 0.493 e. The second kappa shape index (κ2) is 9.35. The summed E-state index contributed by atoms with van der Waals surface area (Å²) in [5.74, 6) is 2.63. The molecule has 1 amide bonds. The topological polar surface area (TPSA) is 116 Å². The number of carbonyl (C=O) groups is 1. The van der Waals surface area contributed by atoms with E-state index in [0.29, 0.717) is 47.0 Å². The van der Waals surface area contributed by atoms with E-state index < -0.39 is 5.54 Å². The van der Waals surface area contributed by atoms with Crippen LogP contribution in [0.5, 0.6) is 11.6 Å². The molecule has 1 saturated heterocycles. The van der Waals surface area contributed by atoms with E-state index in [-0.39, 0.29) is 23.8 Å². The van der Waals surface area contributed by atoms with Gasteiger partial charge in [-0.2, -0.15) is 0 Å². The number of amides is 1. The van der Waals surface area contributed by atoms with E-state index in [2.05, 4.69) is 21.0 Å². The van der Waals surface area contributed by atoms with Crippen molar-refractivity contribution in [2.45, 2.75) is 38.8 Å². The number of rotatable bonds is 6. The number of nitrogens with zero attached hydrogens (tertiary/aromatic N) is 5. The van der Waals surface area contributed by atoms with Crippen molar-refractivity contribution >= 4 is 17.2 Å². The minimum absolute atomic E-state index is 0.0102. The summed E-state index contributed by atoms with van der Waals surface area (Å²) < 4.78 is 12.1. The Hall–Kier alpha value is -3.89. The molecule has 10 heteroatoms. The van der Waals surface area contributed by atoms with Crippen LogP contribution in [0.15, 0.2) is 48.8 Å². The lowest BCUT2D eigenvalue weighted by Gasteiger charge is -2.22. The molecule has 2 aliphatic heterocycles.